The van der Waals surface area contributed by atoms with Gasteiger partial charge in [0.05, 0.1) is 0 Å². The van der Waals surface area contributed by atoms with Crippen LogP contribution in [0, 0.1) is 0 Å². The molecule has 0 atom stereocenters. The van der Waals surface area contributed by atoms with Crippen molar-refractivity contribution in [3.8, 4) is 0 Å². The summed E-state index contributed by atoms with van der Waals surface area (Å²) >= 11 is 0. The minimum atomic E-state index is 1.07. The van der Waals surface area contributed by atoms with Crippen LogP contribution in [-0.2, 0) is 6.42 Å². The second kappa shape index (κ2) is 6.84. The monoisotopic (exact) mass is 212 g/mol. The van der Waals surface area contributed by atoms with E-state index in [0.717, 1.165) is 12.8 Å². The van der Waals surface area contributed by atoms with Crippen molar-refractivity contribution >= 4 is 5.57 Å². The van der Waals surface area contributed by atoms with E-state index in [0.29, 0.717) is 0 Å². The van der Waals surface area contributed by atoms with Gasteiger partial charge < -0.3 is 0 Å². The maximum Gasteiger partial charge on any atom is -0.0184 e. The number of benzene rings is 1. The summed E-state index contributed by atoms with van der Waals surface area (Å²) < 4.78 is 0. The molecule has 0 radical (unpaired) electrons. The van der Waals surface area contributed by atoms with Gasteiger partial charge in [0.1, 0.15) is 0 Å². The molecule has 0 unspecified atom stereocenters. The second-order valence-electron chi connectivity index (χ2n) is 3.71. The first-order valence-corrected chi connectivity index (χ1v) is 5.90. The van der Waals surface area contributed by atoms with Gasteiger partial charge in [0.15, 0.2) is 0 Å². The van der Waals surface area contributed by atoms with Crippen molar-refractivity contribution in [1.82, 2.24) is 0 Å². The Kier molecular flexibility index (Phi) is 5.35. The van der Waals surface area contributed by atoms with Gasteiger partial charge in [-0.2, -0.15) is 0 Å². The summed E-state index contributed by atoms with van der Waals surface area (Å²) in [4.78, 5) is 0. The zero-order valence-electron chi connectivity index (χ0n) is 10.2. The number of allylic oxidation sites excluding steroid dienone is 5. The van der Waals surface area contributed by atoms with E-state index in [9.17, 15) is 0 Å². The lowest BCUT2D eigenvalue weighted by Gasteiger charge is -2.03. The first kappa shape index (κ1) is 12.5. The molecule has 0 N–H and O–H groups in total. The summed E-state index contributed by atoms with van der Waals surface area (Å²) in [6.07, 6.45) is 10.4. The van der Waals surface area contributed by atoms with Gasteiger partial charge in [0.25, 0.3) is 0 Å². The second-order valence-corrected chi connectivity index (χ2v) is 3.71. The van der Waals surface area contributed by atoms with Gasteiger partial charge in [0, 0.05) is 0 Å². The molecule has 0 aliphatic heterocycles. The van der Waals surface area contributed by atoms with Gasteiger partial charge in [-0.25, -0.2) is 0 Å². The molecule has 16 heavy (non-hydrogen) atoms. The van der Waals surface area contributed by atoms with Crippen LogP contribution < -0.4 is 0 Å². The molecule has 1 rings (SSSR count). The molecule has 0 spiro atoms. The third-order valence-electron chi connectivity index (χ3n) is 2.56. The van der Waals surface area contributed by atoms with Crippen molar-refractivity contribution in [3.05, 3.63) is 66.3 Å². The highest BCUT2D eigenvalue weighted by atomic mass is 14.0. The third-order valence-corrected chi connectivity index (χ3v) is 2.56. The SMILES string of the molecule is C=C/C(=C\C=C/CC)c1ccc(CC)cc1. The highest BCUT2D eigenvalue weighted by Gasteiger charge is 1.96. The van der Waals surface area contributed by atoms with Gasteiger partial charge in [-0.05, 0) is 29.5 Å². The van der Waals surface area contributed by atoms with E-state index >= 15 is 0 Å². The highest BCUT2D eigenvalue weighted by Crippen LogP contribution is 2.16. The topological polar surface area (TPSA) is 0 Å². The smallest absolute Gasteiger partial charge is 0.0184 e. The molecular formula is C16H20. The van der Waals surface area contributed by atoms with Crippen LogP contribution in [0.15, 0.2) is 55.1 Å². The summed E-state index contributed by atoms with van der Waals surface area (Å²) in [5.41, 5.74) is 3.77. The molecule has 0 aliphatic carbocycles. The van der Waals surface area contributed by atoms with Crippen LogP contribution in [-0.4, -0.2) is 0 Å². The van der Waals surface area contributed by atoms with E-state index < -0.39 is 0 Å². The Bertz CT molecular complexity index is 377. The van der Waals surface area contributed by atoms with E-state index in [1.165, 1.54) is 16.7 Å². The zero-order chi connectivity index (χ0) is 11.8. The van der Waals surface area contributed by atoms with Gasteiger partial charge in [-0.15, -0.1) is 0 Å². The van der Waals surface area contributed by atoms with E-state index in [1.54, 1.807) is 0 Å². The summed E-state index contributed by atoms with van der Waals surface area (Å²) in [6.45, 7) is 8.16. The molecule has 0 aliphatic rings. The van der Waals surface area contributed by atoms with Gasteiger partial charge in [0.2, 0.25) is 0 Å². The molecule has 84 valence electrons. The quantitative estimate of drug-likeness (QED) is 0.616. The van der Waals surface area contributed by atoms with Crippen molar-refractivity contribution in [1.29, 1.82) is 0 Å². The van der Waals surface area contributed by atoms with Crippen LogP contribution in [0.3, 0.4) is 0 Å². The predicted molar refractivity (Wildman–Crippen MR) is 73.4 cm³/mol. The standard InChI is InChI=1S/C16H20/c1-4-7-8-9-15(6-3)16-12-10-14(5-2)11-13-16/h6-13H,3-5H2,1-2H3/b8-7-,15-9+. The number of rotatable bonds is 5. The molecule has 1 aromatic rings. The molecule has 0 saturated heterocycles. The Morgan fingerprint density at radius 3 is 2.38 bits per heavy atom. The Morgan fingerprint density at radius 1 is 1.19 bits per heavy atom. The van der Waals surface area contributed by atoms with E-state index in [2.05, 4.69) is 62.9 Å². The summed E-state index contributed by atoms with van der Waals surface area (Å²) in [5.74, 6) is 0. The molecule has 0 nitrogen and oxygen atoms in total. The van der Waals surface area contributed by atoms with Crippen molar-refractivity contribution in [2.75, 3.05) is 0 Å². The fraction of sp³-hybridized carbons (Fsp3) is 0.250. The van der Waals surface area contributed by atoms with Crippen LogP contribution in [0.25, 0.3) is 5.57 Å². The van der Waals surface area contributed by atoms with E-state index in [1.807, 2.05) is 6.08 Å². The molecule has 0 heteroatoms. The molecule has 0 fully saturated rings. The maximum absolute atomic E-state index is 3.86. The summed E-state index contributed by atoms with van der Waals surface area (Å²) in [7, 11) is 0. The third kappa shape index (κ3) is 3.54. The maximum atomic E-state index is 3.86. The molecule has 0 heterocycles. The lowest BCUT2D eigenvalue weighted by atomic mass is 10.0. The minimum absolute atomic E-state index is 1.07. The lowest BCUT2D eigenvalue weighted by Crippen LogP contribution is -1.83. The average molecular weight is 212 g/mol. The van der Waals surface area contributed by atoms with Crippen LogP contribution in [0.4, 0.5) is 0 Å². The fourth-order valence-corrected chi connectivity index (χ4v) is 1.52. The van der Waals surface area contributed by atoms with Crippen molar-refractivity contribution < 1.29 is 0 Å². The average Bonchev–Trinajstić information content (AvgIpc) is 2.35. The van der Waals surface area contributed by atoms with Crippen molar-refractivity contribution in [2.45, 2.75) is 26.7 Å². The zero-order valence-corrected chi connectivity index (χ0v) is 10.2. The van der Waals surface area contributed by atoms with Gasteiger partial charge in [-0.1, -0.05) is 69.0 Å². The Hall–Kier alpha value is -1.56. The molecule has 0 saturated carbocycles. The van der Waals surface area contributed by atoms with E-state index in [4.69, 9.17) is 0 Å². The number of hydrogen-bond donors (Lipinski definition) is 0. The molecule has 1 aromatic carbocycles. The fourth-order valence-electron chi connectivity index (χ4n) is 1.52. The highest BCUT2D eigenvalue weighted by molar-refractivity contribution is 5.74. The molecule has 0 bridgehead atoms. The number of aryl methyl sites for hydroxylation is 1. The lowest BCUT2D eigenvalue weighted by molar-refractivity contribution is 1.14. The summed E-state index contributed by atoms with van der Waals surface area (Å²) in [5, 5.41) is 0. The Balaban J connectivity index is 2.90. The molecular weight excluding hydrogens is 192 g/mol. The van der Waals surface area contributed by atoms with Gasteiger partial charge in [-0.3, -0.25) is 0 Å². The van der Waals surface area contributed by atoms with Gasteiger partial charge >= 0.3 is 0 Å². The van der Waals surface area contributed by atoms with Crippen LogP contribution in [0.1, 0.15) is 31.4 Å². The van der Waals surface area contributed by atoms with Crippen LogP contribution in [0.2, 0.25) is 0 Å². The minimum Gasteiger partial charge on any atom is -0.0984 e. The molecule has 0 aromatic heterocycles. The van der Waals surface area contributed by atoms with E-state index in [-0.39, 0.29) is 0 Å². The van der Waals surface area contributed by atoms with Crippen molar-refractivity contribution in [2.24, 2.45) is 0 Å². The Labute approximate surface area is 99.0 Å². The largest absolute Gasteiger partial charge is 0.0984 e. The summed E-state index contributed by atoms with van der Waals surface area (Å²) in [6, 6.07) is 8.67. The number of hydrogen-bond acceptors (Lipinski definition) is 0. The van der Waals surface area contributed by atoms with Crippen LogP contribution in [0.5, 0.6) is 0 Å². The Morgan fingerprint density at radius 2 is 1.88 bits per heavy atom. The predicted octanol–water partition coefficient (Wildman–Crippen LogP) is 4.78. The first-order valence-electron chi connectivity index (χ1n) is 5.90. The molecule has 0 amide bonds. The van der Waals surface area contributed by atoms with Crippen LogP contribution >= 0.6 is 0 Å². The first-order chi connectivity index (χ1) is 7.81. The van der Waals surface area contributed by atoms with Crippen molar-refractivity contribution in [3.63, 3.8) is 0 Å². The normalized spacial score (nSPS) is 12.0.